The number of carbonyl (C=O) groups excluding carboxylic acids is 2. The van der Waals surface area contributed by atoms with Crippen molar-refractivity contribution in [1.82, 2.24) is 19.8 Å². The number of para-hydroxylation sites is 1. The summed E-state index contributed by atoms with van der Waals surface area (Å²) in [6, 6.07) is 10.4. The number of nitrogens with zero attached hydrogens (tertiary/aromatic N) is 5. The summed E-state index contributed by atoms with van der Waals surface area (Å²) in [6.07, 6.45) is 7.55. The molecule has 0 spiro atoms. The van der Waals surface area contributed by atoms with E-state index in [-0.39, 0.29) is 23.7 Å². The fourth-order valence-electron chi connectivity index (χ4n) is 4.74. The minimum Gasteiger partial charge on any atom is -0.369 e. The summed E-state index contributed by atoms with van der Waals surface area (Å²) >= 11 is 0. The average Bonchev–Trinajstić information content (AvgIpc) is 3.02. The van der Waals surface area contributed by atoms with E-state index in [1.54, 1.807) is 19.3 Å². The van der Waals surface area contributed by atoms with Crippen LogP contribution in [0.3, 0.4) is 0 Å². The second kappa shape index (κ2) is 9.90. The third-order valence-corrected chi connectivity index (χ3v) is 6.43. The first-order valence-electron chi connectivity index (χ1n) is 11.2. The van der Waals surface area contributed by atoms with Gasteiger partial charge < -0.3 is 14.7 Å². The number of piperidine rings is 1. The van der Waals surface area contributed by atoms with Gasteiger partial charge in [-0.2, -0.15) is 0 Å². The molecule has 7 nitrogen and oxygen atoms in total. The van der Waals surface area contributed by atoms with Crippen LogP contribution < -0.4 is 4.90 Å². The summed E-state index contributed by atoms with van der Waals surface area (Å²) in [5.74, 6) is 0.627. The highest BCUT2D eigenvalue weighted by atomic mass is 16.2. The van der Waals surface area contributed by atoms with E-state index in [1.807, 2.05) is 17.2 Å². The highest BCUT2D eigenvalue weighted by molar-refractivity contribution is 5.80. The Kier molecular flexibility index (Phi) is 6.79. The molecule has 7 heteroatoms. The summed E-state index contributed by atoms with van der Waals surface area (Å²) in [7, 11) is 0. The van der Waals surface area contributed by atoms with E-state index < -0.39 is 0 Å². The van der Waals surface area contributed by atoms with E-state index in [9.17, 15) is 9.59 Å². The van der Waals surface area contributed by atoms with Crippen LogP contribution in [0.15, 0.2) is 48.9 Å². The van der Waals surface area contributed by atoms with Crippen LogP contribution in [0.1, 0.15) is 25.5 Å². The summed E-state index contributed by atoms with van der Waals surface area (Å²) in [4.78, 5) is 40.0. The number of rotatable bonds is 4. The Hall–Kier alpha value is -2.96. The van der Waals surface area contributed by atoms with E-state index >= 15 is 0 Å². The van der Waals surface area contributed by atoms with Crippen molar-refractivity contribution in [2.45, 2.75) is 26.2 Å². The Labute approximate surface area is 184 Å². The molecule has 1 atom stereocenters. The van der Waals surface area contributed by atoms with Gasteiger partial charge in [-0.05, 0) is 37.3 Å². The van der Waals surface area contributed by atoms with Crippen molar-refractivity contribution in [3.63, 3.8) is 0 Å². The van der Waals surface area contributed by atoms with Crippen molar-refractivity contribution in [2.75, 3.05) is 44.2 Å². The van der Waals surface area contributed by atoms with Gasteiger partial charge >= 0.3 is 0 Å². The Bertz CT molecular complexity index is 868. The molecule has 1 aromatic carbocycles. The van der Waals surface area contributed by atoms with Crippen molar-refractivity contribution >= 4 is 17.5 Å². The molecule has 164 valence electrons. The fourth-order valence-corrected chi connectivity index (χ4v) is 4.74. The molecule has 0 radical (unpaired) electrons. The fraction of sp³-hybridized carbons (Fsp3) is 0.500. The van der Waals surface area contributed by atoms with Gasteiger partial charge in [0.1, 0.15) is 0 Å². The van der Waals surface area contributed by atoms with E-state index in [2.05, 4.69) is 44.0 Å². The number of likely N-dealkylation sites (tertiary alicyclic amines) is 1. The molecular weight excluding hydrogens is 390 g/mol. The zero-order valence-corrected chi connectivity index (χ0v) is 18.2. The number of amides is 2. The molecular formula is C24H31N5O2. The molecule has 2 aromatic rings. The van der Waals surface area contributed by atoms with Crippen LogP contribution in [0.25, 0.3) is 0 Å². The van der Waals surface area contributed by atoms with Crippen LogP contribution in [-0.4, -0.2) is 70.9 Å². The molecule has 3 heterocycles. The van der Waals surface area contributed by atoms with Gasteiger partial charge in [0.15, 0.2) is 0 Å². The SMILES string of the molecule is CC(=O)N1CCC(C(=O)N2CCN(c3ccccc3)C[C@@H](Cc3cnccn3)C2)CC1. The van der Waals surface area contributed by atoms with E-state index in [0.717, 1.165) is 51.1 Å². The molecule has 0 unspecified atom stereocenters. The predicted molar refractivity (Wildman–Crippen MR) is 119 cm³/mol. The number of hydrogen-bond acceptors (Lipinski definition) is 5. The second-order valence-electron chi connectivity index (χ2n) is 8.61. The molecule has 31 heavy (non-hydrogen) atoms. The van der Waals surface area contributed by atoms with E-state index in [1.165, 1.54) is 5.69 Å². The Morgan fingerprint density at radius 3 is 2.42 bits per heavy atom. The third-order valence-electron chi connectivity index (χ3n) is 6.43. The summed E-state index contributed by atoms with van der Waals surface area (Å²) in [5.41, 5.74) is 2.15. The Morgan fingerprint density at radius 2 is 1.74 bits per heavy atom. The molecule has 0 saturated carbocycles. The maximum Gasteiger partial charge on any atom is 0.225 e. The Balaban J connectivity index is 1.47. The largest absolute Gasteiger partial charge is 0.369 e. The second-order valence-corrected chi connectivity index (χ2v) is 8.61. The molecule has 2 aliphatic heterocycles. The number of aromatic nitrogens is 2. The van der Waals surface area contributed by atoms with Gasteiger partial charge in [0.05, 0.1) is 5.69 Å². The quantitative estimate of drug-likeness (QED) is 0.757. The van der Waals surface area contributed by atoms with Crippen LogP contribution >= 0.6 is 0 Å². The lowest BCUT2D eigenvalue weighted by atomic mass is 9.94. The molecule has 2 aliphatic rings. The summed E-state index contributed by atoms with van der Waals surface area (Å²) in [5, 5.41) is 0. The van der Waals surface area contributed by atoms with Gasteiger partial charge in [-0.3, -0.25) is 19.6 Å². The van der Waals surface area contributed by atoms with Crippen molar-refractivity contribution < 1.29 is 9.59 Å². The topological polar surface area (TPSA) is 69.6 Å². The van der Waals surface area contributed by atoms with Crippen molar-refractivity contribution in [3.05, 3.63) is 54.6 Å². The zero-order chi connectivity index (χ0) is 21.6. The number of benzene rings is 1. The predicted octanol–water partition coefficient (Wildman–Crippen LogP) is 2.24. The van der Waals surface area contributed by atoms with Gasteiger partial charge in [0.25, 0.3) is 0 Å². The van der Waals surface area contributed by atoms with Gasteiger partial charge in [0.2, 0.25) is 11.8 Å². The normalized spacial score (nSPS) is 20.4. The lowest BCUT2D eigenvalue weighted by Gasteiger charge is -2.34. The standard InChI is InChI=1S/C24H31N5O2/c1-19(30)27-11-7-21(8-12-27)24(31)29-14-13-28(23-5-3-2-4-6-23)17-20(18-29)15-22-16-25-9-10-26-22/h2-6,9-10,16,20-21H,7-8,11-15,17-18H2,1H3/t20-/m1/s1. The van der Waals surface area contributed by atoms with E-state index in [4.69, 9.17) is 0 Å². The van der Waals surface area contributed by atoms with Crippen LogP contribution in [0.4, 0.5) is 5.69 Å². The monoisotopic (exact) mass is 421 g/mol. The third kappa shape index (κ3) is 5.40. The summed E-state index contributed by atoms with van der Waals surface area (Å²) < 4.78 is 0. The van der Waals surface area contributed by atoms with Crippen LogP contribution in [0.2, 0.25) is 0 Å². The number of anilines is 1. The average molecular weight is 422 g/mol. The molecule has 2 amide bonds. The molecule has 2 saturated heterocycles. The van der Waals surface area contributed by atoms with Crippen molar-refractivity contribution in [2.24, 2.45) is 11.8 Å². The van der Waals surface area contributed by atoms with Gasteiger partial charge in [-0.15, -0.1) is 0 Å². The smallest absolute Gasteiger partial charge is 0.225 e. The molecule has 4 rings (SSSR count). The molecule has 2 fully saturated rings. The van der Waals surface area contributed by atoms with Gasteiger partial charge in [-0.25, -0.2) is 0 Å². The Morgan fingerprint density at radius 1 is 0.968 bits per heavy atom. The minimum absolute atomic E-state index is 0.0102. The number of carbonyl (C=O) groups is 2. The first-order chi connectivity index (χ1) is 15.1. The molecule has 0 bridgehead atoms. The summed E-state index contributed by atoms with van der Waals surface area (Å²) in [6.45, 7) is 6.11. The van der Waals surface area contributed by atoms with Crippen molar-refractivity contribution in [1.29, 1.82) is 0 Å². The highest BCUT2D eigenvalue weighted by Crippen LogP contribution is 2.24. The molecule has 1 aromatic heterocycles. The number of hydrogen-bond donors (Lipinski definition) is 0. The maximum absolute atomic E-state index is 13.4. The van der Waals surface area contributed by atoms with Crippen LogP contribution in [0.5, 0.6) is 0 Å². The lowest BCUT2D eigenvalue weighted by Crippen LogP contribution is -2.45. The van der Waals surface area contributed by atoms with E-state index in [0.29, 0.717) is 13.1 Å². The van der Waals surface area contributed by atoms with Crippen molar-refractivity contribution in [3.8, 4) is 0 Å². The first-order valence-corrected chi connectivity index (χ1v) is 11.2. The van der Waals surface area contributed by atoms with Crippen LogP contribution in [-0.2, 0) is 16.0 Å². The zero-order valence-electron chi connectivity index (χ0n) is 18.2. The molecule has 0 aliphatic carbocycles. The van der Waals surface area contributed by atoms with Gasteiger partial charge in [0, 0.05) is 76.4 Å². The maximum atomic E-state index is 13.4. The minimum atomic E-state index is 0.0102. The first kappa shape index (κ1) is 21.3. The highest BCUT2D eigenvalue weighted by Gasteiger charge is 2.32. The van der Waals surface area contributed by atoms with Gasteiger partial charge in [-0.1, -0.05) is 18.2 Å². The molecule has 0 N–H and O–H groups in total. The lowest BCUT2D eigenvalue weighted by molar-refractivity contribution is -0.140. The van der Waals surface area contributed by atoms with Crippen LogP contribution in [0, 0.1) is 11.8 Å².